The average molecular weight is 326 g/mol. The maximum atomic E-state index is 11.9. The van der Waals surface area contributed by atoms with Gasteiger partial charge in [0.05, 0.1) is 12.6 Å². The van der Waals surface area contributed by atoms with Crippen LogP contribution in [0, 0.1) is 0 Å². The van der Waals surface area contributed by atoms with E-state index in [2.05, 4.69) is 27.4 Å². The van der Waals surface area contributed by atoms with Crippen LogP contribution in [0.15, 0.2) is 0 Å². The first-order chi connectivity index (χ1) is 11.2. The van der Waals surface area contributed by atoms with Crippen molar-refractivity contribution < 1.29 is 14.3 Å². The summed E-state index contributed by atoms with van der Waals surface area (Å²) in [5, 5.41) is 5.08. The summed E-state index contributed by atoms with van der Waals surface area (Å²) in [5.74, 6) is -0.230. The molecule has 2 fully saturated rings. The van der Waals surface area contributed by atoms with Crippen molar-refractivity contribution in [3.63, 3.8) is 0 Å². The van der Waals surface area contributed by atoms with Gasteiger partial charge in [-0.15, -0.1) is 0 Å². The molecule has 2 rings (SSSR count). The quantitative estimate of drug-likeness (QED) is 0.663. The van der Waals surface area contributed by atoms with E-state index in [0.717, 1.165) is 58.6 Å². The first-order valence-electron chi connectivity index (χ1n) is 8.81. The summed E-state index contributed by atoms with van der Waals surface area (Å²) in [6, 6.07) is -0.388. The molecule has 132 valence electrons. The van der Waals surface area contributed by atoms with Gasteiger partial charge in [0, 0.05) is 45.9 Å². The van der Waals surface area contributed by atoms with Crippen molar-refractivity contribution in [2.24, 2.45) is 0 Å². The SMILES string of the molecule is CCCCNC(=O)NC(=O)CN1CCN(CC2CCCO2)CC1. The molecule has 1 unspecified atom stereocenters. The lowest BCUT2D eigenvalue weighted by molar-refractivity contribution is -0.121. The highest BCUT2D eigenvalue weighted by Crippen LogP contribution is 2.14. The summed E-state index contributed by atoms with van der Waals surface area (Å²) >= 11 is 0. The van der Waals surface area contributed by atoms with Gasteiger partial charge in [0.15, 0.2) is 0 Å². The third kappa shape index (κ3) is 6.85. The van der Waals surface area contributed by atoms with Crippen molar-refractivity contribution in [1.82, 2.24) is 20.4 Å². The molecule has 0 aromatic carbocycles. The minimum Gasteiger partial charge on any atom is -0.377 e. The predicted molar refractivity (Wildman–Crippen MR) is 88.3 cm³/mol. The number of nitrogens with zero attached hydrogens (tertiary/aromatic N) is 2. The number of ether oxygens (including phenoxy) is 1. The Bertz CT molecular complexity index is 378. The molecule has 0 radical (unpaired) electrons. The Kier molecular flexibility index (Phi) is 7.78. The van der Waals surface area contributed by atoms with Gasteiger partial charge in [-0.1, -0.05) is 13.3 Å². The number of imide groups is 1. The Balaban J connectivity index is 1.57. The maximum Gasteiger partial charge on any atom is 0.321 e. The number of rotatable bonds is 7. The lowest BCUT2D eigenvalue weighted by Gasteiger charge is -2.35. The monoisotopic (exact) mass is 326 g/mol. The van der Waals surface area contributed by atoms with Gasteiger partial charge in [-0.2, -0.15) is 0 Å². The van der Waals surface area contributed by atoms with Crippen LogP contribution in [0.4, 0.5) is 4.79 Å². The van der Waals surface area contributed by atoms with Crippen LogP contribution in [0.25, 0.3) is 0 Å². The molecular weight excluding hydrogens is 296 g/mol. The average Bonchev–Trinajstić information content (AvgIpc) is 3.02. The van der Waals surface area contributed by atoms with Gasteiger partial charge >= 0.3 is 6.03 Å². The Hall–Kier alpha value is -1.18. The van der Waals surface area contributed by atoms with Crippen LogP contribution in [0.1, 0.15) is 32.6 Å². The molecule has 2 N–H and O–H groups in total. The number of nitrogens with one attached hydrogen (secondary N) is 2. The molecule has 1 atom stereocenters. The zero-order valence-corrected chi connectivity index (χ0v) is 14.2. The number of piperazine rings is 1. The van der Waals surface area contributed by atoms with E-state index in [0.29, 0.717) is 12.6 Å². The summed E-state index contributed by atoms with van der Waals surface area (Å²) in [6.45, 7) is 8.47. The van der Waals surface area contributed by atoms with Gasteiger partial charge in [-0.3, -0.25) is 19.9 Å². The number of hydrogen-bond acceptors (Lipinski definition) is 5. The largest absolute Gasteiger partial charge is 0.377 e. The molecule has 0 saturated carbocycles. The Morgan fingerprint density at radius 3 is 2.57 bits per heavy atom. The van der Waals surface area contributed by atoms with Crippen LogP contribution in [0.5, 0.6) is 0 Å². The van der Waals surface area contributed by atoms with Gasteiger partial charge < -0.3 is 10.1 Å². The minimum absolute atomic E-state index is 0.230. The van der Waals surface area contributed by atoms with Gasteiger partial charge in [-0.05, 0) is 19.3 Å². The van der Waals surface area contributed by atoms with Crippen LogP contribution in [-0.2, 0) is 9.53 Å². The summed E-state index contributed by atoms with van der Waals surface area (Å²) < 4.78 is 5.67. The normalized spacial score (nSPS) is 22.9. The second-order valence-corrected chi connectivity index (χ2v) is 6.37. The zero-order valence-electron chi connectivity index (χ0n) is 14.2. The number of amides is 3. The molecule has 2 heterocycles. The third-order valence-electron chi connectivity index (χ3n) is 4.39. The smallest absolute Gasteiger partial charge is 0.321 e. The molecule has 2 aliphatic heterocycles. The molecule has 0 aromatic heterocycles. The highest BCUT2D eigenvalue weighted by Gasteiger charge is 2.23. The Morgan fingerprint density at radius 1 is 1.17 bits per heavy atom. The summed E-state index contributed by atoms with van der Waals surface area (Å²) in [4.78, 5) is 27.9. The van der Waals surface area contributed by atoms with Crippen LogP contribution in [-0.4, -0.2) is 80.3 Å². The van der Waals surface area contributed by atoms with Gasteiger partial charge in [0.25, 0.3) is 0 Å². The van der Waals surface area contributed by atoms with E-state index >= 15 is 0 Å². The number of carbonyl (C=O) groups is 2. The molecule has 7 heteroatoms. The van der Waals surface area contributed by atoms with E-state index in [1.54, 1.807) is 0 Å². The highest BCUT2D eigenvalue weighted by atomic mass is 16.5. The number of hydrogen-bond donors (Lipinski definition) is 2. The van der Waals surface area contributed by atoms with Crippen LogP contribution in [0.3, 0.4) is 0 Å². The molecule has 7 nitrogen and oxygen atoms in total. The van der Waals surface area contributed by atoms with Crippen LogP contribution < -0.4 is 10.6 Å². The van der Waals surface area contributed by atoms with Gasteiger partial charge in [0.1, 0.15) is 0 Å². The lowest BCUT2D eigenvalue weighted by atomic mass is 10.2. The Morgan fingerprint density at radius 2 is 1.91 bits per heavy atom. The Labute approximate surface area is 138 Å². The standard InChI is InChI=1S/C16H30N4O3/c1-2-3-6-17-16(22)18-15(21)13-20-9-7-19(8-10-20)12-14-5-4-11-23-14/h14H,2-13H2,1H3,(H2,17,18,21,22). The number of urea groups is 1. The van der Waals surface area contributed by atoms with Gasteiger partial charge in [-0.25, -0.2) is 4.79 Å². The van der Waals surface area contributed by atoms with E-state index in [-0.39, 0.29) is 18.5 Å². The summed E-state index contributed by atoms with van der Waals surface area (Å²) in [7, 11) is 0. The van der Waals surface area contributed by atoms with Crippen molar-refractivity contribution in [2.45, 2.75) is 38.7 Å². The number of unbranched alkanes of at least 4 members (excludes halogenated alkanes) is 1. The van der Waals surface area contributed by atoms with Crippen LogP contribution in [0.2, 0.25) is 0 Å². The van der Waals surface area contributed by atoms with Crippen molar-refractivity contribution >= 4 is 11.9 Å². The molecular formula is C16H30N4O3. The molecule has 0 aromatic rings. The molecule has 0 spiro atoms. The predicted octanol–water partition coefficient (Wildman–Crippen LogP) is 0.409. The van der Waals surface area contributed by atoms with E-state index < -0.39 is 0 Å². The molecule has 2 aliphatic rings. The maximum absolute atomic E-state index is 11.9. The fourth-order valence-corrected chi connectivity index (χ4v) is 3.00. The van der Waals surface area contributed by atoms with Crippen molar-refractivity contribution in [2.75, 3.05) is 52.4 Å². The third-order valence-corrected chi connectivity index (χ3v) is 4.39. The van der Waals surface area contributed by atoms with E-state index in [1.807, 2.05) is 0 Å². The molecule has 0 aliphatic carbocycles. The fraction of sp³-hybridized carbons (Fsp3) is 0.875. The summed E-state index contributed by atoms with van der Waals surface area (Å²) in [5.41, 5.74) is 0. The molecule has 23 heavy (non-hydrogen) atoms. The molecule has 2 saturated heterocycles. The van der Waals surface area contributed by atoms with E-state index in [1.165, 1.54) is 6.42 Å². The van der Waals surface area contributed by atoms with Crippen molar-refractivity contribution in [1.29, 1.82) is 0 Å². The van der Waals surface area contributed by atoms with Crippen LogP contribution >= 0.6 is 0 Å². The van der Waals surface area contributed by atoms with Gasteiger partial charge in [0.2, 0.25) is 5.91 Å². The second-order valence-electron chi connectivity index (χ2n) is 6.37. The highest BCUT2D eigenvalue weighted by molar-refractivity contribution is 5.95. The number of carbonyl (C=O) groups excluding carboxylic acids is 2. The summed E-state index contributed by atoms with van der Waals surface area (Å²) in [6.07, 6.45) is 4.66. The van der Waals surface area contributed by atoms with E-state index in [4.69, 9.17) is 4.74 Å². The van der Waals surface area contributed by atoms with E-state index in [9.17, 15) is 9.59 Å². The second kappa shape index (κ2) is 9.85. The molecule has 0 bridgehead atoms. The first kappa shape index (κ1) is 18.2. The molecule has 3 amide bonds. The zero-order chi connectivity index (χ0) is 16.5. The van der Waals surface area contributed by atoms with Crippen molar-refractivity contribution in [3.05, 3.63) is 0 Å². The topological polar surface area (TPSA) is 73.9 Å². The first-order valence-corrected chi connectivity index (χ1v) is 8.81. The van der Waals surface area contributed by atoms with Crippen molar-refractivity contribution in [3.8, 4) is 0 Å². The minimum atomic E-state index is -0.388. The fourth-order valence-electron chi connectivity index (χ4n) is 3.00. The lowest BCUT2D eigenvalue weighted by Crippen LogP contribution is -2.52.